The van der Waals surface area contributed by atoms with Crippen molar-refractivity contribution in [2.45, 2.75) is 32.4 Å². The molecule has 5 heteroatoms. The van der Waals surface area contributed by atoms with Crippen LogP contribution in [0.4, 0.5) is 10.5 Å². The highest BCUT2D eigenvalue weighted by Crippen LogP contribution is 2.15. The molecule has 1 aliphatic heterocycles. The first kappa shape index (κ1) is 14.8. The van der Waals surface area contributed by atoms with Crippen LogP contribution in [-0.4, -0.2) is 36.7 Å². The predicted octanol–water partition coefficient (Wildman–Crippen LogP) is 2.18. The van der Waals surface area contributed by atoms with E-state index in [4.69, 9.17) is 10.5 Å². The van der Waals surface area contributed by atoms with Gasteiger partial charge in [-0.15, -0.1) is 0 Å². The normalized spacial score (nSPS) is 18.0. The number of hydrogen-bond acceptors (Lipinski definition) is 3. The summed E-state index contributed by atoms with van der Waals surface area (Å²) in [6.07, 6.45) is 2.31. The van der Waals surface area contributed by atoms with E-state index < -0.39 is 0 Å². The molecular weight excluding hydrogens is 254 g/mol. The number of urea groups is 1. The second-order valence-electron chi connectivity index (χ2n) is 5.00. The van der Waals surface area contributed by atoms with Crippen LogP contribution in [0.2, 0.25) is 0 Å². The zero-order valence-electron chi connectivity index (χ0n) is 12.0. The zero-order valence-corrected chi connectivity index (χ0v) is 12.0. The number of nitrogens with zero attached hydrogens (tertiary/aromatic N) is 1. The number of rotatable bonds is 5. The van der Waals surface area contributed by atoms with Gasteiger partial charge in [0.15, 0.2) is 0 Å². The van der Waals surface area contributed by atoms with Crippen molar-refractivity contribution in [2.75, 3.05) is 25.0 Å². The summed E-state index contributed by atoms with van der Waals surface area (Å²) in [4.78, 5) is 14.0. The third kappa shape index (κ3) is 3.95. The zero-order chi connectivity index (χ0) is 14.4. The lowest BCUT2D eigenvalue weighted by Gasteiger charge is -2.24. The molecule has 5 nitrogen and oxygen atoms in total. The van der Waals surface area contributed by atoms with Gasteiger partial charge in [-0.05, 0) is 37.5 Å². The first-order valence-corrected chi connectivity index (χ1v) is 7.19. The molecule has 0 bridgehead atoms. The molecule has 3 N–H and O–H groups in total. The Hall–Kier alpha value is -1.59. The van der Waals surface area contributed by atoms with Crippen LogP contribution in [0.3, 0.4) is 0 Å². The molecule has 1 aromatic rings. The fraction of sp³-hybridized carbons (Fsp3) is 0.533. The Morgan fingerprint density at radius 1 is 1.45 bits per heavy atom. The summed E-state index contributed by atoms with van der Waals surface area (Å²) in [6.45, 7) is 4.63. The Morgan fingerprint density at radius 2 is 2.20 bits per heavy atom. The van der Waals surface area contributed by atoms with E-state index in [0.717, 1.165) is 30.7 Å². The van der Waals surface area contributed by atoms with E-state index in [1.54, 1.807) is 4.90 Å². The monoisotopic (exact) mass is 277 g/mol. The smallest absolute Gasteiger partial charge is 0.321 e. The standard InChI is InChI=1S/C15H23N3O2/c1-2-18(11-14-4-3-9-20-14)15(19)17-13-7-5-12(10-16)6-8-13/h5-8,14H,2-4,9-11,16H2,1H3,(H,17,19). The number of hydrogen-bond donors (Lipinski definition) is 2. The van der Waals surface area contributed by atoms with Gasteiger partial charge in [-0.25, -0.2) is 4.79 Å². The topological polar surface area (TPSA) is 67.6 Å². The first-order valence-electron chi connectivity index (χ1n) is 7.19. The van der Waals surface area contributed by atoms with Crippen LogP contribution in [0, 0.1) is 0 Å². The molecule has 2 amide bonds. The third-order valence-corrected chi connectivity index (χ3v) is 3.56. The van der Waals surface area contributed by atoms with Crippen molar-refractivity contribution in [1.29, 1.82) is 0 Å². The Balaban J connectivity index is 1.90. The van der Waals surface area contributed by atoms with E-state index in [1.807, 2.05) is 31.2 Å². The molecule has 0 aliphatic carbocycles. The maximum atomic E-state index is 12.2. The molecule has 1 aliphatic rings. The number of amides is 2. The lowest BCUT2D eigenvalue weighted by Crippen LogP contribution is -2.39. The van der Waals surface area contributed by atoms with E-state index in [1.165, 1.54) is 0 Å². The Bertz CT molecular complexity index is 427. The van der Waals surface area contributed by atoms with E-state index in [0.29, 0.717) is 19.6 Å². The van der Waals surface area contributed by atoms with Crippen molar-refractivity contribution in [2.24, 2.45) is 5.73 Å². The molecular formula is C15H23N3O2. The second kappa shape index (κ2) is 7.26. The number of benzene rings is 1. The van der Waals surface area contributed by atoms with Gasteiger partial charge in [0.05, 0.1) is 6.10 Å². The largest absolute Gasteiger partial charge is 0.376 e. The Morgan fingerprint density at radius 3 is 2.75 bits per heavy atom. The van der Waals surface area contributed by atoms with Crippen LogP contribution in [0.5, 0.6) is 0 Å². The van der Waals surface area contributed by atoms with Crippen molar-refractivity contribution < 1.29 is 9.53 Å². The fourth-order valence-corrected chi connectivity index (χ4v) is 2.32. The predicted molar refractivity (Wildman–Crippen MR) is 79.6 cm³/mol. The molecule has 0 spiro atoms. The second-order valence-corrected chi connectivity index (χ2v) is 5.00. The Labute approximate surface area is 120 Å². The summed E-state index contributed by atoms with van der Waals surface area (Å²) in [7, 11) is 0. The molecule has 1 unspecified atom stereocenters. The van der Waals surface area contributed by atoms with Gasteiger partial charge >= 0.3 is 6.03 Å². The average molecular weight is 277 g/mol. The van der Waals surface area contributed by atoms with Crippen LogP contribution in [0.1, 0.15) is 25.3 Å². The number of nitrogens with two attached hydrogens (primary N) is 1. The number of nitrogens with one attached hydrogen (secondary N) is 1. The summed E-state index contributed by atoms with van der Waals surface area (Å²) in [6, 6.07) is 7.52. The summed E-state index contributed by atoms with van der Waals surface area (Å²) >= 11 is 0. The lowest BCUT2D eigenvalue weighted by atomic mass is 10.2. The van der Waals surface area contributed by atoms with Crippen LogP contribution < -0.4 is 11.1 Å². The SMILES string of the molecule is CCN(CC1CCCO1)C(=O)Nc1ccc(CN)cc1. The number of likely N-dealkylation sites (N-methyl/N-ethyl adjacent to an activating group) is 1. The molecule has 0 radical (unpaired) electrons. The first-order chi connectivity index (χ1) is 9.72. The molecule has 1 saturated heterocycles. The fourth-order valence-electron chi connectivity index (χ4n) is 2.32. The molecule has 1 heterocycles. The van der Waals surface area contributed by atoms with E-state index in [2.05, 4.69) is 5.32 Å². The van der Waals surface area contributed by atoms with Crippen molar-refractivity contribution in [3.05, 3.63) is 29.8 Å². The summed E-state index contributed by atoms with van der Waals surface area (Å²) in [5.74, 6) is 0. The summed E-state index contributed by atoms with van der Waals surface area (Å²) in [5, 5.41) is 2.91. The van der Waals surface area contributed by atoms with Crippen molar-refractivity contribution in [1.82, 2.24) is 4.90 Å². The lowest BCUT2D eigenvalue weighted by molar-refractivity contribution is 0.0849. The van der Waals surface area contributed by atoms with E-state index in [9.17, 15) is 4.79 Å². The van der Waals surface area contributed by atoms with Gasteiger partial charge in [-0.1, -0.05) is 12.1 Å². The molecule has 0 saturated carbocycles. The quantitative estimate of drug-likeness (QED) is 0.867. The molecule has 110 valence electrons. The van der Waals surface area contributed by atoms with E-state index in [-0.39, 0.29) is 12.1 Å². The van der Waals surface area contributed by atoms with Crippen molar-refractivity contribution in [3.63, 3.8) is 0 Å². The van der Waals surface area contributed by atoms with Gasteiger partial charge in [0.25, 0.3) is 0 Å². The number of ether oxygens (including phenoxy) is 1. The maximum Gasteiger partial charge on any atom is 0.321 e. The summed E-state index contributed by atoms with van der Waals surface area (Å²) in [5.41, 5.74) is 7.39. The highest BCUT2D eigenvalue weighted by atomic mass is 16.5. The van der Waals surface area contributed by atoms with Crippen LogP contribution in [0.15, 0.2) is 24.3 Å². The molecule has 20 heavy (non-hydrogen) atoms. The van der Waals surface area contributed by atoms with E-state index >= 15 is 0 Å². The molecule has 1 atom stereocenters. The number of carbonyl (C=O) groups excluding carboxylic acids is 1. The molecule has 1 aromatic carbocycles. The number of anilines is 1. The Kier molecular flexibility index (Phi) is 5.38. The summed E-state index contributed by atoms with van der Waals surface area (Å²) < 4.78 is 5.58. The molecule has 1 fully saturated rings. The average Bonchev–Trinajstić information content (AvgIpc) is 2.98. The minimum atomic E-state index is -0.0801. The highest BCUT2D eigenvalue weighted by molar-refractivity contribution is 5.89. The van der Waals surface area contributed by atoms with Gasteiger partial charge < -0.3 is 20.7 Å². The number of carbonyl (C=O) groups is 1. The highest BCUT2D eigenvalue weighted by Gasteiger charge is 2.21. The van der Waals surface area contributed by atoms with Gasteiger partial charge in [0.2, 0.25) is 0 Å². The maximum absolute atomic E-state index is 12.2. The minimum Gasteiger partial charge on any atom is -0.376 e. The third-order valence-electron chi connectivity index (χ3n) is 3.56. The molecule has 0 aromatic heterocycles. The van der Waals surface area contributed by atoms with Gasteiger partial charge in [0, 0.05) is 31.9 Å². The molecule has 2 rings (SSSR count). The van der Waals surface area contributed by atoms with Crippen LogP contribution in [-0.2, 0) is 11.3 Å². The van der Waals surface area contributed by atoms with Crippen LogP contribution >= 0.6 is 0 Å². The minimum absolute atomic E-state index is 0.0801. The van der Waals surface area contributed by atoms with Crippen LogP contribution in [0.25, 0.3) is 0 Å². The van der Waals surface area contributed by atoms with Crippen molar-refractivity contribution >= 4 is 11.7 Å². The van der Waals surface area contributed by atoms with Gasteiger partial charge in [-0.2, -0.15) is 0 Å². The van der Waals surface area contributed by atoms with Gasteiger partial charge in [0.1, 0.15) is 0 Å². The van der Waals surface area contributed by atoms with Crippen molar-refractivity contribution in [3.8, 4) is 0 Å². The van der Waals surface area contributed by atoms with Gasteiger partial charge in [-0.3, -0.25) is 0 Å².